The number of benzene rings is 1. The maximum Gasteiger partial charge on any atom is 0.320 e. The second-order valence-electron chi connectivity index (χ2n) is 3.87. The fraction of sp³-hybridized carbons (Fsp3) is 0.250. The molecule has 0 aliphatic rings. The molecule has 0 saturated carbocycles. The van der Waals surface area contributed by atoms with Crippen molar-refractivity contribution in [3.8, 4) is 11.8 Å². The number of hydrogen-bond acceptors (Lipinski definition) is 4. The Bertz CT molecular complexity index is 519. The van der Waals surface area contributed by atoms with E-state index in [1.54, 1.807) is 12.2 Å². The van der Waals surface area contributed by atoms with Gasteiger partial charge in [0.25, 0.3) is 0 Å². The second kappa shape index (κ2) is 8.54. The van der Waals surface area contributed by atoms with E-state index in [4.69, 9.17) is 0 Å². The third-order valence-electron chi connectivity index (χ3n) is 2.53. The van der Waals surface area contributed by atoms with Crippen molar-refractivity contribution < 1.29 is 19.1 Å². The molecule has 4 nitrogen and oxygen atoms in total. The van der Waals surface area contributed by atoms with E-state index in [1.807, 2.05) is 30.3 Å². The summed E-state index contributed by atoms with van der Waals surface area (Å²) in [4.78, 5) is 22.8. The smallest absolute Gasteiger partial charge is 0.320 e. The van der Waals surface area contributed by atoms with Crippen molar-refractivity contribution in [2.45, 2.75) is 6.42 Å². The zero-order valence-electron chi connectivity index (χ0n) is 11.5. The average molecular weight is 272 g/mol. The highest BCUT2D eigenvalue weighted by Crippen LogP contribution is 2.08. The summed E-state index contributed by atoms with van der Waals surface area (Å²) in [6.07, 6.45) is 3.45. The van der Waals surface area contributed by atoms with Crippen molar-refractivity contribution in [2.24, 2.45) is 5.92 Å². The first-order valence-corrected chi connectivity index (χ1v) is 6.06. The van der Waals surface area contributed by atoms with Crippen molar-refractivity contribution in [1.29, 1.82) is 0 Å². The molecule has 0 bridgehead atoms. The molecular weight excluding hydrogens is 256 g/mol. The van der Waals surface area contributed by atoms with Crippen LogP contribution < -0.4 is 0 Å². The maximum atomic E-state index is 11.4. The highest BCUT2D eigenvalue weighted by molar-refractivity contribution is 5.94. The van der Waals surface area contributed by atoms with Crippen LogP contribution in [0, 0.1) is 17.8 Å². The molecule has 0 N–H and O–H groups in total. The molecule has 0 heterocycles. The molecule has 0 radical (unpaired) electrons. The van der Waals surface area contributed by atoms with Gasteiger partial charge in [-0.05, 0) is 24.6 Å². The van der Waals surface area contributed by atoms with Crippen LogP contribution >= 0.6 is 0 Å². The molecule has 0 unspecified atom stereocenters. The van der Waals surface area contributed by atoms with E-state index in [0.29, 0.717) is 0 Å². The monoisotopic (exact) mass is 272 g/mol. The number of allylic oxidation sites excluding steroid dienone is 2. The van der Waals surface area contributed by atoms with Crippen LogP contribution in [0.4, 0.5) is 0 Å². The zero-order chi connectivity index (χ0) is 14.8. The number of hydrogen-bond donors (Lipinski definition) is 0. The summed E-state index contributed by atoms with van der Waals surface area (Å²) in [7, 11) is 2.47. The van der Waals surface area contributed by atoms with Crippen LogP contribution in [0.3, 0.4) is 0 Å². The summed E-state index contributed by atoms with van der Waals surface area (Å²) in [5.41, 5.74) is 0.898. The van der Waals surface area contributed by atoms with Crippen molar-refractivity contribution in [2.75, 3.05) is 14.2 Å². The van der Waals surface area contributed by atoms with Gasteiger partial charge in [0.05, 0.1) is 14.2 Å². The lowest BCUT2D eigenvalue weighted by molar-refractivity contribution is -0.158. The van der Waals surface area contributed by atoms with Gasteiger partial charge in [-0.3, -0.25) is 9.59 Å². The summed E-state index contributed by atoms with van der Waals surface area (Å²) in [5, 5.41) is 0. The number of carbonyl (C=O) groups is 2. The van der Waals surface area contributed by atoms with Gasteiger partial charge in [-0.1, -0.05) is 36.1 Å². The standard InChI is InChI=1S/C16H16O4/c1-19-15(17)14(16(18)20-2)12-8-4-7-11-13-9-5-3-6-10-13/h3-6,8-10,14H,12H2,1-2H3. The highest BCUT2D eigenvalue weighted by Gasteiger charge is 2.26. The van der Waals surface area contributed by atoms with E-state index in [0.717, 1.165) is 5.56 Å². The van der Waals surface area contributed by atoms with E-state index < -0.39 is 17.9 Å². The molecule has 4 heteroatoms. The first-order valence-electron chi connectivity index (χ1n) is 6.06. The van der Waals surface area contributed by atoms with Gasteiger partial charge in [-0.25, -0.2) is 0 Å². The molecule has 1 aromatic rings. The molecule has 0 amide bonds. The number of rotatable bonds is 4. The molecule has 0 aliphatic carbocycles. The van der Waals surface area contributed by atoms with Crippen LogP contribution in [0.1, 0.15) is 12.0 Å². The fourth-order valence-corrected chi connectivity index (χ4v) is 1.48. The Morgan fingerprint density at radius 2 is 1.75 bits per heavy atom. The van der Waals surface area contributed by atoms with Crippen molar-refractivity contribution in [1.82, 2.24) is 0 Å². The topological polar surface area (TPSA) is 52.6 Å². The minimum absolute atomic E-state index is 0.197. The third-order valence-corrected chi connectivity index (χ3v) is 2.53. The van der Waals surface area contributed by atoms with E-state index in [2.05, 4.69) is 21.3 Å². The van der Waals surface area contributed by atoms with E-state index in [9.17, 15) is 9.59 Å². The van der Waals surface area contributed by atoms with Crippen molar-refractivity contribution >= 4 is 11.9 Å². The number of esters is 2. The lowest BCUT2D eigenvalue weighted by Gasteiger charge is -2.09. The Morgan fingerprint density at radius 3 is 2.30 bits per heavy atom. The molecule has 0 fully saturated rings. The lowest BCUT2D eigenvalue weighted by Crippen LogP contribution is -2.25. The maximum absolute atomic E-state index is 11.4. The summed E-state index contributed by atoms with van der Waals surface area (Å²) < 4.78 is 9.10. The molecule has 104 valence electrons. The number of ether oxygens (including phenoxy) is 2. The molecule has 1 rings (SSSR count). The molecule has 0 spiro atoms. The van der Waals surface area contributed by atoms with Gasteiger partial charge >= 0.3 is 11.9 Å². The van der Waals surface area contributed by atoms with Crippen LogP contribution in [0.15, 0.2) is 42.5 Å². The van der Waals surface area contributed by atoms with E-state index in [-0.39, 0.29) is 6.42 Å². The Hall–Kier alpha value is -2.54. The fourth-order valence-electron chi connectivity index (χ4n) is 1.48. The van der Waals surface area contributed by atoms with Crippen LogP contribution in [0.2, 0.25) is 0 Å². The lowest BCUT2D eigenvalue weighted by atomic mass is 10.1. The Balaban J connectivity index is 2.60. The summed E-state index contributed by atoms with van der Waals surface area (Å²) in [5.74, 6) is 3.60. The van der Waals surface area contributed by atoms with E-state index in [1.165, 1.54) is 14.2 Å². The van der Waals surface area contributed by atoms with Crippen LogP contribution in [-0.2, 0) is 19.1 Å². The first-order chi connectivity index (χ1) is 9.69. The Labute approximate surface area is 118 Å². The van der Waals surface area contributed by atoms with Gasteiger partial charge in [0.1, 0.15) is 0 Å². The Kier molecular flexibility index (Phi) is 6.63. The van der Waals surface area contributed by atoms with E-state index >= 15 is 0 Å². The largest absolute Gasteiger partial charge is 0.468 e. The van der Waals surface area contributed by atoms with Crippen molar-refractivity contribution in [3.05, 3.63) is 48.0 Å². The molecular formula is C16H16O4. The molecule has 1 aromatic carbocycles. The minimum atomic E-state index is -0.945. The summed E-state index contributed by atoms with van der Waals surface area (Å²) in [6.45, 7) is 0. The third kappa shape index (κ3) is 4.99. The van der Waals surface area contributed by atoms with Crippen LogP contribution in [0.25, 0.3) is 0 Å². The van der Waals surface area contributed by atoms with Gasteiger partial charge in [-0.15, -0.1) is 0 Å². The normalized spacial score (nSPS) is 9.95. The summed E-state index contributed by atoms with van der Waals surface area (Å²) >= 11 is 0. The van der Waals surface area contributed by atoms with Crippen LogP contribution in [0.5, 0.6) is 0 Å². The number of methoxy groups -OCH3 is 2. The average Bonchev–Trinajstić information content (AvgIpc) is 2.50. The van der Waals surface area contributed by atoms with Gasteiger partial charge in [0.2, 0.25) is 0 Å². The van der Waals surface area contributed by atoms with Gasteiger partial charge < -0.3 is 9.47 Å². The predicted octanol–water partition coefficient (Wildman–Crippen LogP) is 1.95. The Morgan fingerprint density at radius 1 is 1.15 bits per heavy atom. The SMILES string of the molecule is COC(=O)C(CC=CC#Cc1ccccc1)C(=O)OC. The first kappa shape index (κ1) is 15.5. The van der Waals surface area contributed by atoms with Gasteiger partial charge in [0, 0.05) is 5.56 Å². The molecule has 0 saturated heterocycles. The molecule has 0 aromatic heterocycles. The van der Waals surface area contributed by atoms with Crippen molar-refractivity contribution in [3.63, 3.8) is 0 Å². The minimum Gasteiger partial charge on any atom is -0.468 e. The predicted molar refractivity (Wildman–Crippen MR) is 74.6 cm³/mol. The second-order valence-corrected chi connectivity index (χ2v) is 3.87. The molecule has 0 atom stereocenters. The van der Waals surface area contributed by atoms with Crippen LogP contribution in [-0.4, -0.2) is 26.2 Å². The molecule has 0 aliphatic heterocycles. The highest BCUT2D eigenvalue weighted by atomic mass is 16.5. The quantitative estimate of drug-likeness (QED) is 0.477. The number of carbonyl (C=O) groups excluding carboxylic acids is 2. The zero-order valence-corrected chi connectivity index (χ0v) is 11.5. The van der Waals surface area contributed by atoms with Gasteiger partial charge in [-0.2, -0.15) is 0 Å². The van der Waals surface area contributed by atoms with Gasteiger partial charge in [0.15, 0.2) is 5.92 Å². The summed E-state index contributed by atoms with van der Waals surface area (Å²) in [6, 6.07) is 9.51. The molecule has 20 heavy (non-hydrogen) atoms.